The molecule has 116 valence electrons. The molecule has 2 heterocycles. The van der Waals surface area contributed by atoms with Crippen LogP contribution in [0.1, 0.15) is 19.4 Å². The number of benzene rings is 1. The number of halogens is 1. The number of carbonyl (C=O) groups is 1. The van der Waals surface area contributed by atoms with Crippen LogP contribution in [0.25, 0.3) is 6.08 Å². The SMILES string of the molecule is CC1CN(C2=NC(=O)/C(=C/c3ccccc3Cl)S2)CC(C)O1. The van der Waals surface area contributed by atoms with E-state index in [2.05, 4.69) is 9.89 Å². The van der Waals surface area contributed by atoms with E-state index >= 15 is 0 Å². The molecule has 0 N–H and O–H groups in total. The summed E-state index contributed by atoms with van der Waals surface area (Å²) in [6.45, 7) is 5.57. The molecule has 0 aliphatic carbocycles. The van der Waals surface area contributed by atoms with Crippen LogP contribution in [0.3, 0.4) is 0 Å². The minimum Gasteiger partial charge on any atom is -0.372 e. The summed E-state index contributed by atoms with van der Waals surface area (Å²) < 4.78 is 5.72. The molecule has 6 heteroatoms. The van der Waals surface area contributed by atoms with Gasteiger partial charge < -0.3 is 9.64 Å². The molecule has 1 saturated heterocycles. The van der Waals surface area contributed by atoms with Crippen LogP contribution in [0.2, 0.25) is 5.02 Å². The molecule has 2 aliphatic rings. The van der Waals surface area contributed by atoms with Crippen LogP contribution in [0, 0.1) is 0 Å². The van der Waals surface area contributed by atoms with E-state index < -0.39 is 0 Å². The quantitative estimate of drug-likeness (QED) is 0.737. The maximum atomic E-state index is 12.1. The van der Waals surface area contributed by atoms with Crippen molar-refractivity contribution in [3.8, 4) is 0 Å². The highest BCUT2D eigenvalue weighted by atomic mass is 35.5. The molecule has 2 unspecified atom stereocenters. The number of nitrogens with zero attached hydrogens (tertiary/aromatic N) is 2. The van der Waals surface area contributed by atoms with E-state index in [9.17, 15) is 4.79 Å². The smallest absolute Gasteiger partial charge is 0.286 e. The number of morpholine rings is 1. The van der Waals surface area contributed by atoms with Crippen LogP contribution < -0.4 is 0 Å². The van der Waals surface area contributed by atoms with Crippen molar-refractivity contribution in [3.63, 3.8) is 0 Å². The highest BCUT2D eigenvalue weighted by molar-refractivity contribution is 8.18. The summed E-state index contributed by atoms with van der Waals surface area (Å²) in [5, 5.41) is 1.38. The average Bonchev–Trinajstić information content (AvgIpc) is 2.82. The molecule has 1 fully saturated rings. The maximum absolute atomic E-state index is 12.1. The lowest BCUT2D eigenvalue weighted by atomic mass is 10.2. The van der Waals surface area contributed by atoms with E-state index in [1.165, 1.54) is 11.8 Å². The van der Waals surface area contributed by atoms with Crippen LogP contribution in [0.5, 0.6) is 0 Å². The number of hydrogen-bond donors (Lipinski definition) is 0. The summed E-state index contributed by atoms with van der Waals surface area (Å²) in [6.07, 6.45) is 2.08. The molecular weight excluding hydrogens is 320 g/mol. The van der Waals surface area contributed by atoms with Crippen LogP contribution in [-0.4, -0.2) is 41.3 Å². The molecule has 22 heavy (non-hydrogen) atoms. The second-order valence-corrected chi connectivity index (χ2v) is 6.91. The van der Waals surface area contributed by atoms with Crippen LogP contribution in [0.15, 0.2) is 34.2 Å². The zero-order valence-electron chi connectivity index (χ0n) is 12.5. The molecule has 0 radical (unpaired) electrons. The predicted octanol–water partition coefficient (Wildman–Crippen LogP) is 3.42. The first-order valence-electron chi connectivity index (χ1n) is 7.20. The van der Waals surface area contributed by atoms with Crippen molar-refractivity contribution in [1.29, 1.82) is 0 Å². The van der Waals surface area contributed by atoms with Crippen LogP contribution >= 0.6 is 23.4 Å². The Morgan fingerprint density at radius 2 is 2.00 bits per heavy atom. The van der Waals surface area contributed by atoms with E-state index in [4.69, 9.17) is 16.3 Å². The molecule has 0 saturated carbocycles. The molecule has 0 bridgehead atoms. The lowest BCUT2D eigenvalue weighted by Crippen LogP contribution is -2.47. The molecule has 1 amide bonds. The van der Waals surface area contributed by atoms with Crippen molar-refractivity contribution in [1.82, 2.24) is 4.90 Å². The monoisotopic (exact) mass is 336 g/mol. The first-order valence-corrected chi connectivity index (χ1v) is 8.40. The molecular formula is C16H17ClN2O2S. The first kappa shape index (κ1) is 15.6. The minimum absolute atomic E-state index is 0.138. The summed E-state index contributed by atoms with van der Waals surface area (Å²) in [7, 11) is 0. The number of ether oxygens (including phenoxy) is 1. The van der Waals surface area contributed by atoms with Gasteiger partial charge >= 0.3 is 0 Å². The third kappa shape index (κ3) is 3.37. The summed E-state index contributed by atoms with van der Waals surface area (Å²) in [6, 6.07) is 7.47. The van der Waals surface area contributed by atoms with Gasteiger partial charge in [-0.1, -0.05) is 29.8 Å². The largest absolute Gasteiger partial charge is 0.372 e. The maximum Gasteiger partial charge on any atom is 0.286 e. The molecule has 0 aromatic heterocycles. The van der Waals surface area contributed by atoms with Crippen LogP contribution in [0.4, 0.5) is 0 Å². The molecule has 2 aliphatic heterocycles. The number of amidine groups is 1. The lowest BCUT2D eigenvalue weighted by Gasteiger charge is -2.35. The van der Waals surface area contributed by atoms with Crippen molar-refractivity contribution in [2.75, 3.05) is 13.1 Å². The Balaban J connectivity index is 1.78. The van der Waals surface area contributed by atoms with Crippen molar-refractivity contribution < 1.29 is 9.53 Å². The Labute approximate surface area is 139 Å². The Morgan fingerprint density at radius 1 is 1.32 bits per heavy atom. The number of thioether (sulfide) groups is 1. The molecule has 3 rings (SSSR count). The second-order valence-electron chi connectivity index (χ2n) is 5.49. The first-order chi connectivity index (χ1) is 10.5. The van der Waals surface area contributed by atoms with Gasteiger partial charge in [0.2, 0.25) is 0 Å². The fraction of sp³-hybridized carbons (Fsp3) is 0.375. The van der Waals surface area contributed by atoms with Crippen LogP contribution in [-0.2, 0) is 9.53 Å². The van der Waals surface area contributed by atoms with Gasteiger partial charge in [-0.3, -0.25) is 4.79 Å². The Morgan fingerprint density at radius 3 is 2.68 bits per heavy atom. The normalized spacial score (nSPS) is 27.4. The Bertz CT molecular complexity index is 649. The molecule has 0 spiro atoms. The van der Waals surface area contributed by atoms with Crippen molar-refractivity contribution in [2.45, 2.75) is 26.1 Å². The van der Waals surface area contributed by atoms with Gasteiger partial charge in [0.15, 0.2) is 5.17 Å². The number of carbonyl (C=O) groups excluding carboxylic acids is 1. The van der Waals surface area contributed by atoms with Gasteiger partial charge in [-0.25, -0.2) is 0 Å². The van der Waals surface area contributed by atoms with Gasteiger partial charge in [0.25, 0.3) is 5.91 Å². The third-order valence-corrected chi connectivity index (χ3v) is 4.88. The number of rotatable bonds is 1. The fourth-order valence-corrected chi connectivity index (χ4v) is 3.71. The third-order valence-electron chi connectivity index (χ3n) is 3.49. The van der Waals surface area contributed by atoms with Crippen molar-refractivity contribution in [2.24, 2.45) is 4.99 Å². The summed E-state index contributed by atoms with van der Waals surface area (Å²) >= 11 is 7.55. The minimum atomic E-state index is -0.202. The molecule has 4 nitrogen and oxygen atoms in total. The standard InChI is InChI=1S/C16H17ClN2O2S/c1-10-8-19(9-11(2)21-10)16-18-15(20)14(22-16)7-12-5-3-4-6-13(12)17/h3-7,10-11H,8-9H2,1-2H3/b14-7-. The Hall–Kier alpha value is -1.30. The topological polar surface area (TPSA) is 41.9 Å². The zero-order valence-corrected chi connectivity index (χ0v) is 14.0. The van der Waals surface area contributed by atoms with Crippen molar-refractivity contribution >= 4 is 40.5 Å². The second kappa shape index (κ2) is 6.44. The van der Waals surface area contributed by atoms with Gasteiger partial charge in [0, 0.05) is 18.1 Å². The number of aliphatic imine (C=N–C) groups is 1. The Kier molecular flexibility index (Phi) is 4.57. The number of hydrogen-bond acceptors (Lipinski definition) is 4. The molecule has 2 atom stereocenters. The average molecular weight is 337 g/mol. The van der Waals surface area contributed by atoms with Gasteiger partial charge in [0.1, 0.15) is 0 Å². The molecule has 1 aromatic carbocycles. The van der Waals surface area contributed by atoms with E-state index in [0.29, 0.717) is 9.93 Å². The number of amides is 1. The zero-order chi connectivity index (χ0) is 15.7. The molecule has 1 aromatic rings. The summed E-state index contributed by atoms with van der Waals surface area (Å²) in [4.78, 5) is 19.0. The highest BCUT2D eigenvalue weighted by Gasteiger charge is 2.31. The van der Waals surface area contributed by atoms with E-state index in [0.717, 1.165) is 23.8 Å². The van der Waals surface area contributed by atoms with Gasteiger partial charge in [-0.2, -0.15) is 4.99 Å². The van der Waals surface area contributed by atoms with Crippen molar-refractivity contribution in [3.05, 3.63) is 39.8 Å². The van der Waals surface area contributed by atoms with E-state index in [1.54, 1.807) is 6.08 Å². The lowest BCUT2D eigenvalue weighted by molar-refractivity contribution is -0.113. The van der Waals surface area contributed by atoms with Gasteiger partial charge in [-0.05, 0) is 43.3 Å². The van der Waals surface area contributed by atoms with E-state index in [1.807, 2.05) is 38.1 Å². The fourth-order valence-electron chi connectivity index (χ4n) is 2.60. The summed E-state index contributed by atoms with van der Waals surface area (Å²) in [5.74, 6) is -0.202. The van der Waals surface area contributed by atoms with Gasteiger partial charge in [-0.15, -0.1) is 0 Å². The van der Waals surface area contributed by atoms with E-state index in [-0.39, 0.29) is 18.1 Å². The van der Waals surface area contributed by atoms with Gasteiger partial charge in [0.05, 0.1) is 17.1 Å². The summed E-state index contributed by atoms with van der Waals surface area (Å²) in [5.41, 5.74) is 0.834. The highest BCUT2D eigenvalue weighted by Crippen LogP contribution is 2.32. The predicted molar refractivity (Wildman–Crippen MR) is 91.0 cm³/mol.